The topological polar surface area (TPSA) is 75.5 Å². The monoisotopic (exact) mass is 316 g/mol. The highest BCUT2D eigenvalue weighted by Crippen LogP contribution is 2.21. The molecule has 7 nitrogen and oxygen atoms in total. The van der Waals surface area contributed by atoms with Crippen molar-refractivity contribution in [3.05, 3.63) is 11.4 Å². The highest BCUT2D eigenvalue weighted by molar-refractivity contribution is 7.89. The Balaban J connectivity index is 3.18. The van der Waals surface area contributed by atoms with Crippen LogP contribution in [0.4, 0.5) is 0 Å². The van der Waals surface area contributed by atoms with Crippen molar-refractivity contribution >= 4 is 15.9 Å². The summed E-state index contributed by atoms with van der Waals surface area (Å²) in [5, 5.41) is 4.21. The molecule has 1 amide bonds. The summed E-state index contributed by atoms with van der Waals surface area (Å²) in [6.45, 7) is 8.43. The van der Waals surface area contributed by atoms with Gasteiger partial charge < -0.3 is 4.90 Å². The molecule has 0 unspecified atom stereocenters. The summed E-state index contributed by atoms with van der Waals surface area (Å²) in [7, 11) is -0.602. The molecule has 0 bridgehead atoms. The van der Waals surface area contributed by atoms with E-state index in [4.69, 9.17) is 0 Å². The molecule has 0 saturated carbocycles. The normalized spacial score (nSPS) is 12.0. The van der Waals surface area contributed by atoms with Crippen LogP contribution in [0.5, 0.6) is 0 Å². The van der Waals surface area contributed by atoms with Crippen LogP contribution in [0, 0.1) is 13.8 Å². The van der Waals surface area contributed by atoms with Gasteiger partial charge in [0.15, 0.2) is 0 Å². The second-order valence-electron chi connectivity index (χ2n) is 5.01. The fourth-order valence-corrected chi connectivity index (χ4v) is 3.45. The number of hydrogen-bond donors (Lipinski definition) is 0. The molecule has 120 valence electrons. The molecule has 1 rings (SSSR count). The maximum atomic E-state index is 12.3. The van der Waals surface area contributed by atoms with Gasteiger partial charge in [-0.1, -0.05) is 0 Å². The van der Waals surface area contributed by atoms with Gasteiger partial charge in [0, 0.05) is 27.2 Å². The predicted molar refractivity (Wildman–Crippen MR) is 80.5 cm³/mol. The van der Waals surface area contributed by atoms with Crippen molar-refractivity contribution in [1.82, 2.24) is 19.0 Å². The smallest absolute Gasteiger partial charge is 0.246 e. The second-order valence-corrected chi connectivity index (χ2v) is 7.10. The van der Waals surface area contributed by atoms with E-state index in [-0.39, 0.29) is 17.3 Å². The maximum Gasteiger partial charge on any atom is 0.246 e. The molecule has 8 heteroatoms. The number of nitrogens with zero attached hydrogens (tertiary/aromatic N) is 4. The van der Waals surface area contributed by atoms with Crippen LogP contribution in [0.2, 0.25) is 0 Å². The van der Waals surface area contributed by atoms with E-state index in [0.29, 0.717) is 24.5 Å². The van der Waals surface area contributed by atoms with E-state index in [1.54, 1.807) is 18.7 Å². The lowest BCUT2D eigenvalue weighted by molar-refractivity contribution is -0.131. The van der Waals surface area contributed by atoms with Gasteiger partial charge in [-0.25, -0.2) is 12.7 Å². The summed E-state index contributed by atoms with van der Waals surface area (Å²) < 4.78 is 27.2. The van der Waals surface area contributed by atoms with Crippen molar-refractivity contribution in [2.45, 2.75) is 39.1 Å². The third-order valence-electron chi connectivity index (χ3n) is 3.45. The average molecular weight is 316 g/mol. The molecule has 21 heavy (non-hydrogen) atoms. The van der Waals surface area contributed by atoms with Crippen LogP contribution in [0.1, 0.15) is 25.2 Å². The van der Waals surface area contributed by atoms with Crippen LogP contribution < -0.4 is 0 Å². The maximum absolute atomic E-state index is 12.3. The number of carbonyl (C=O) groups excluding carboxylic acids is 1. The summed E-state index contributed by atoms with van der Waals surface area (Å²) in [5.41, 5.74) is 0.898. The first-order valence-electron chi connectivity index (χ1n) is 6.91. The second kappa shape index (κ2) is 6.57. The quantitative estimate of drug-likeness (QED) is 0.771. The SMILES string of the molecule is CCN(CC)C(=O)Cn1nc(C)c(S(=O)(=O)N(C)C)c1C. The van der Waals surface area contributed by atoms with E-state index in [1.807, 2.05) is 13.8 Å². The van der Waals surface area contributed by atoms with E-state index >= 15 is 0 Å². The van der Waals surface area contributed by atoms with Crippen LogP contribution in [0.15, 0.2) is 4.90 Å². The van der Waals surface area contributed by atoms with Crippen LogP contribution in [0.25, 0.3) is 0 Å². The van der Waals surface area contributed by atoms with Crippen LogP contribution >= 0.6 is 0 Å². The molecule has 0 N–H and O–H groups in total. The minimum atomic E-state index is -3.56. The molecular weight excluding hydrogens is 292 g/mol. The highest BCUT2D eigenvalue weighted by Gasteiger charge is 2.27. The van der Waals surface area contributed by atoms with Crippen molar-refractivity contribution in [3.8, 4) is 0 Å². The first-order valence-corrected chi connectivity index (χ1v) is 8.35. The molecule has 0 fully saturated rings. The van der Waals surface area contributed by atoms with Gasteiger partial charge in [-0.2, -0.15) is 5.10 Å². The summed E-state index contributed by atoms with van der Waals surface area (Å²) >= 11 is 0. The van der Waals surface area contributed by atoms with E-state index in [9.17, 15) is 13.2 Å². The van der Waals surface area contributed by atoms with Crippen molar-refractivity contribution in [1.29, 1.82) is 0 Å². The summed E-state index contributed by atoms with van der Waals surface area (Å²) in [6.07, 6.45) is 0. The van der Waals surface area contributed by atoms with Crippen molar-refractivity contribution < 1.29 is 13.2 Å². The average Bonchev–Trinajstić information content (AvgIpc) is 2.65. The number of sulfonamides is 1. The number of aryl methyl sites for hydroxylation is 1. The van der Waals surface area contributed by atoms with Gasteiger partial charge in [0.25, 0.3) is 0 Å². The van der Waals surface area contributed by atoms with E-state index in [0.717, 1.165) is 4.31 Å². The molecule has 1 aromatic rings. The van der Waals surface area contributed by atoms with Gasteiger partial charge in [0.2, 0.25) is 15.9 Å². The third kappa shape index (κ3) is 3.44. The Hall–Kier alpha value is -1.41. The molecule has 0 aliphatic rings. The molecular formula is C13H24N4O3S. The van der Waals surface area contributed by atoms with Gasteiger partial charge in [0.1, 0.15) is 11.4 Å². The first kappa shape index (κ1) is 17.6. The lowest BCUT2D eigenvalue weighted by atomic mass is 10.4. The minimum Gasteiger partial charge on any atom is -0.342 e. The Morgan fingerprint density at radius 1 is 1.19 bits per heavy atom. The summed E-state index contributed by atoms with van der Waals surface area (Å²) in [5.74, 6) is -0.0700. The standard InChI is InChI=1S/C13H24N4O3S/c1-7-16(8-2)12(18)9-17-11(4)13(10(3)14-17)21(19,20)15(5)6/h7-9H2,1-6H3. The van der Waals surface area contributed by atoms with E-state index < -0.39 is 10.0 Å². The zero-order valence-electron chi connectivity index (χ0n) is 13.5. The zero-order valence-corrected chi connectivity index (χ0v) is 14.4. The fraction of sp³-hybridized carbons (Fsp3) is 0.692. The Morgan fingerprint density at radius 2 is 1.71 bits per heavy atom. The van der Waals surface area contributed by atoms with Crippen molar-refractivity contribution in [3.63, 3.8) is 0 Å². The summed E-state index contributed by atoms with van der Waals surface area (Å²) in [4.78, 5) is 14.0. The molecule has 0 aliphatic carbocycles. The molecule has 1 heterocycles. The van der Waals surface area contributed by atoms with Gasteiger partial charge in [-0.3, -0.25) is 9.48 Å². The largest absolute Gasteiger partial charge is 0.342 e. The number of amides is 1. The first-order chi connectivity index (χ1) is 9.66. The summed E-state index contributed by atoms with van der Waals surface area (Å²) in [6, 6.07) is 0. The number of hydrogen-bond acceptors (Lipinski definition) is 4. The van der Waals surface area contributed by atoms with Crippen LogP contribution in [-0.4, -0.2) is 60.5 Å². The fourth-order valence-electron chi connectivity index (χ4n) is 2.19. The highest BCUT2D eigenvalue weighted by atomic mass is 32.2. The predicted octanol–water partition coefficient (Wildman–Crippen LogP) is 0.619. The Kier molecular flexibility index (Phi) is 5.52. The lowest BCUT2D eigenvalue weighted by Gasteiger charge is -2.19. The van der Waals surface area contributed by atoms with Crippen LogP contribution in [-0.2, 0) is 21.4 Å². The van der Waals surface area contributed by atoms with Gasteiger partial charge in [-0.05, 0) is 27.7 Å². The van der Waals surface area contributed by atoms with Gasteiger partial charge in [-0.15, -0.1) is 0 Å². The zero-order chi connectivity index (χ0) is 16.4. The van der Waals surface area contributed by atoms with E-state index in [2.05, 4.69) is 5.10 Å². The number of rotatable bonds is 6. The Bertz CT molecular complexity index is 616. The molecule has 0 atom stereocenters. The van der Waals surface area contributed by atoms with E-state index in [1.165, 1.54) is 18.8 Å². The number of aromatic nitrogens is 2. The molecule has 1 aromatic heterocycles. The molecule has 0 spiro atoms. The molecule has 0 radical (unpaired) electrons. The molecule has 0 saturated heterocycles. The number of likely N-dealkylation sites (N-methyl/N-ethyl adjacent to an activating group) is 1. The van der Waals surface area contributed by atoms with Crippen LogP contribution in [0.3, 0.4) is 0 Å². The van der Waals surface area contributed by atoms with Crippen molar-refractivity contribution in [2.24, 2.45) is 0 Å². The minimum absolute atomic E-state index is 0.0529. The van der Waals surface area contributed by atoms with Gasteiger partial charge >= 0.3 is 0 Å². The van der Waals surface area contributed by atoms with Crippen molar-refractivity contribution in [2.75, 3.05) is 27.2 Å². The Morgan fingerprint density at radius 3 is 2.14 bits per heavy atom. The lowest BCUT2D eigenvalue weighted by Crippen LogP contribution is -2.34. The Labute approximate surface area is 126 Å². The molecule has 0 aromatic carbocycles. The van der Waals surface area contributed by atoms with Gasteiger partial charge in [0.05, 0.1) is 11.4 Å². The number of carbonyl (C=O) groups is 1. The molecule has 0 aliphatic heterocycles. The third-order valence-corrected chi connectivity index (χ3v) is 5.52.